The maximum Gasteiger partial charge on any atom is 0.306 e. The van der Waals surface area contributed by atoms with Gasteiger partial charge in [0.05, 0.1) is 0 Å². The fourth-order valence-corrected chi connectivity index (χ4v) is 9.05. The molecule has 0 spiro atoms. The quantitative estimate of drug-likeness (QED) is 0.0344. The van der Waals surface area contributed by atoms with Crippen LogP contribution in [0.2, 0.25) is 0 Å². The zero-order chi connectivity index (χ0) is 47.5. The Labute approximate surface area is 406 Å². The normalized spacial score (nSPS) is 12.0. The summed E-state index contributed by atoms with van der Waals surface area (Å²) in [4.78, 5) is 38.2. The van der Waals surface area contributed by atoms with E-state index in [1.54, 1.807) is 0 Å². The standard InChI is InChI=1S/C59H114O6/c1-6-7-8-9-10-11-12-13-14-19-26-31-36-41-46-51-59(62)65-56(53-64-58(61)50-45-40-35-30-25-21-20-23-28-33-38-43-48-55(4)5)52-63-57(60)49-44-39-34-29-24-18-16-15-17-22-27-32-37-42-47-54(2)3/h54-56H,6-53H2,1-5H3/t56-/m1/s1. The van der Waals surface area contributed by atoms with Crippen molar-refractivity contribution in [1.29, 1.82) is 0 Å². The van der Waals surface area contributed by atoms with Crippen molar-refractivity contribution < 1.29 is 28.6 Å². The Morgan fingerprint density at radius 3 is 0.754 bits per heavy atom. The van der Waals surface area contributed by atoms with Gasteiger partial charge in [0.25, 0.3) is 0 Å². The molecule has 0 aromatic rings. The van der Waals surface area contributed by atoms with Crippen molar-refractivity contribution in [2.75, 3.05) is 13.2 Å². The van der Waals surface area contributed by atoms with Gasteiger partial charge in [-0.2, -0.15) is 0 Å². The van der Waals surface area contributed by atoms with Gasteiger partial charge in [0.1, 0.15) is 13.2 Å². The Balaban J connectivity index is 4.30. The van der Waals surface area contributed by atoms with Crippen molar-refractivity contribution in [3.63, 3.8) is 0 Å². The van der Waals surface area contributed by atoms with E-state index >= 15 is 0 Å². The molecule has 0 N–H and O–H groups in total. The fourth-order valence-electron chi connectivity index (χ4n) is 9.05. The van der Waals surface area contributed by atoms with E-state index < -0.39 is 6.10 Å². The molecule has 0 radical (unpaired) electrons. The van der Waals surface area contributed by atoms with Crippen molar-refractivity contribution in [3.05, 3.63) is 0 Å². The lowest BCUT2D eigenvalue weighted by molar-refractivity contribution is -0.167. The summed E-state index contributed by atoms with van der Waals surface area (Å²) in [6.45, 7) is 11.4. The highest BCUT2D eigenvalue weighted by atomic mass is 16.6. The highest BCUT2D eigenvalue weighted by Crippen LogP contribution is 2.18. The molecule has 0 bridgehead atoms. The van der Waals surface area contributed by atoms with Crippen LogP contribution in [0.5, 0.6) is 0 Å². The number of unbranched alkanes of at least 4 members (excludes halogenated alkanes) is 38. The SMILES string of the molecule is CCCCCCCCCCCCCCCCCC(=O)O[C@H](COC(=O)CCCCCCCCCCCCCCCCC(C)C)COC(=O)CCCCCCCCCCCCCCC(C)C. The first-order valence-electron chi connectivity index (χ1n) is 29.2. The molecule has 0 fully saturated rings. The third-order valence-corrected chi connectivity index (χ3v) is 13.5. The Hall–Kier alpha value is -1.59. The lowest BCUT2D eigenvalue weighted by atomic mass is 10.0. The van der Waals surface area contributed by atoms with Crippen LogP contribution in [0, 0.1) is 11.8 Å². The van der Waals surface area contributed by atoms with Crippen molar-refractivity contribution in [3.8, 4) is 0 Å². The van der Waals surface area contributed by atoms with Crippen LogP contribution in [0.25, 0.3) is 0 Å². The summed E-state index contributed by atoms with van der Waals surface area (Å²) in [6.07, 6.45) is 55.2. The summed E-state index contributed by atoms with van der Waals surface area (Å²) >= 11 is 0. The molecule has 1 atom stereocenters. The van der Waals surface area contributed by atoms with E-state index in [9.17, 15) is 14.4 Å². The van der Waals surface area contributed by atoms with Gasteiger partial charge < -0.3 is 14.2 Å². The third kappa shape index (κ3) is 53.2. The van der Waals surface area contributed by atoms with Crippen molar-refractivity contribution >= 4 is 17.9 Å². The minimum absolute atomic E-state index is 0.0625. The Kier molecular flexibility index (Phi) is 50.5. The number of carbonyl (C=O) groups is 3. The number of hydrogen-bond donors (Lipinski definition) is 0. The average molecular weight is 920 g/mol. The highest BCUT2D eigenvalue weighted by Gasteiger charge is 2.19. The number of hydrogen-bond acceptors (Lipinski definition) is 6. The van der Waals surface area contributed by atoms with Crippen LogP contribution in [0.4, 0.5) is 0 Å². The molecule has 0 aliphatic carbocycles. The summed E-state index contributed by atoms with van der Waals surface area (Å²) in [6, 6.07) is 0. The van der Waals surface area contributed by atoms with E-state index in [2.05, 4.69) is 34.6 Å². The summed E-state index contributed by atoms with van der Waals surface area (Å²) in [7, 11) is 0. The summed E-state index contributed by atoms with van der Waals surface area (Å²) in [5.41, 5.74) is 0. The first-order valence-corrected chi connectivity index (χ1v) is 29.2. The predicted molar refractivity (Wildman–Crippen MR) is 280 cm³/mol. The predicted octanol–water partition coefficient (Wildman–Crippen LogP) is 19.3. The fraction of sp³-hybridized carbons (Fsp3) is 0.949. The molecule has 0 saturated carbocycles. The Morgan fingerprint density at radius 2 is 0.508 bits per heavy atom. The van der Waals surface area contributed by atoms with Gasteiger partial charge in [0.2, 0.25) is 0 Å². The summed E-state index contributed by atoms with van der Waals surface area (Å²) < 4.78 is 16.9. The second-order valence-electron chi connectivity index (χ2n) is 21.2. The van der Waals surface area contributed by atoms with Gasteiger partial charge in [0, 0.05) is 19.3 Å². The van der Waals surface area contributed by atoms with E-state index in [1.807, 2.05) is 0 Å². The van der Waals surface area contributed by atoms with Crippen LogP contribution in [-0.4, -0.2) is 37.2 Å². The van der Waals surface area contributed by atoms with Crippen LogP contribution < -0.4 is 0 Å². The molecule has 0 aromatic heterocycles. The lowest BCUT2D eigenvalue weighted by Crippen LogP contribution is -2.30. The van der Waals surface area contributed by atoms with E-state index in [0.29, 0.717) is 19.3 Å². The molecular weight excluding hydrogens is 805 g/mol. The van der Waals surface area contributed by atoms with Crippen LogP contribution in [-0.2, 0) is 28.6 Å². The minimum atomic E-state index is -0.763. The molecule has 0 heterocycles. The maximum absolute atomic E-state index is 12.8. The van der Waals surface area contributed by atoms with Gasteiger partial charge >= 0.3 is 17.9 Å². The zero-order valence-corrected chi connectivity index (χ0v) is 44.6. The maximum atomic E-state index is 12.8. The van der Waals surface area contributed by atoms with Crippen molar-refractivity contribution in [1.82, 2.24) is 0 Å². The molecule has 6 heteroatoms. The Morgan fingerprint density at radius 1 is 0.292 bits per heavy atom. The smallest absolute Gasteiger partial charge is 0.306 e. The van der Waals surface area contributed by atoms with Gasteiger partial charge in [-0.15, -0.1) is 0 Å². The summed E-state index contributed by atoms with van der Waals surface area (Å²) in [5.74, 6) is 0.841. The third-order valence-electron chi connectivity index (χ3n) is 13.5. The molecule has 0 amide bonds. The van der Waals surface area contributed by atoms with E-state index in [-0.39, 0.29) is 31.1 Å². The zero-order valence-electron chi connectivity index (χ0n) is 44.6. The van der Waals surface area contributed by atoms with Crippen LogP contribution >= 0.6 is 0 Å². The van der Waals surface area contributed by atoms with Crippen LogP contribution in [0.1, 0.15) is 330 Å². The van der Waals surface area contributed by atoms with Crippen LogP contribution in [0.3, 0.4) is 0 Å². The molecule has 0 saturated heterocycles. The first kappa shape index (κ1) is 63.4. The number of rotatable bonds is 53. The van der Waals surface area contributed by atoms with Crippen LogP contribution in [0.15, 0.2) is 0 Å². The molecule has 0 unspecified atom stereocenters. The number of esters is 3. The molecule has 386 valence electrons. The van der Waals surface area contributed by atoms with Gasteiger partial charge in [0.15, 0.2) is 6.10 Å². The van der Waals surface area contributed by atoms with E-state index in [4.69, 9.17) is 14.2 Å². The lowest BCUT2D eigenvalue weighted by Gasteiger charge is -2.18. The second kappa shape index (κ2) is 51.8. The molecule has 65 heavy (non-hydrogen) atoms. The topological polar surface area (TPSA) is 78.9 Å². The second-order valence-corrected chi connectivity index (χ2v) is 21.2. The highest BCUT2D eigenvalue weighted by molar-refractivity contribution is 5.71. The minimum Gasteiger partial charge on any atom is -0.462 e. The van der Waals surface area contributed by atoms with Crippen molar-refractivity contribution in [2.24, 2.45) is 11.8 Å². The van der Waals surface area contributed by atoms with Gasteiger partial charge in [-0.3, -0.25) is 14.4 Å². The number of carbonyl (C=O) groups excluding carboxylic acids is 3. The molecule has 6 nitrogen and oxygen atoms in total. The average Bonchev–Trinajstić information content (AvgIpc) is 3.28. The summed E-state index contributed by atoms with van der Waals surface area (Å²) in [5, 5.41) is 0. The largest absolute Gasteiger partial charge is 0.462 e. The molecule has 0 aromatic carbocycles. The van der Waals surface area contributed by atoms with Gasteiger partial charge in [-0.25, -0.2) is 0 Å². The molecular formula is C59H114O6. The van der Waals surface area contributed by atoms with E-state index in [1.165, 1.54) is 218 Å². The number of ether oxygens (including phenoxy) is 3. The monoisotopic (exact) mass is 919 g/mol. The Bertz CT molecular complexity index is 993. The van der Waals surface area contributed by atoms with Gasteiger partial charge in [-0.05, 0) is 31.1 Å². The molecule has 0 rings (SSSR count). The van der Waals surface area contributed by atoms with E-state index in [0.717, 1.165) is 69.6 Å². The van der Waals surface area contributed by atoms with Crippen molar-refractivity contribution in [2.45, 2.75) is 336 Å². The molecule has 0 aliphatic rings. The first-order chi connectivity index (χ1) is 31.7. The molecule has 0 aliphatic heterocycles. The van der Waals surface area contributed by atoms with Gasteiger partial charge in [-0.1, -0.05) is 291 Å².